The number of aromatic nitrogens is 2. The normalized spacial score (nSPS) is 10.6. The molecule has 2 aromatic heterocycles. The van der Waals surface area contributed by atoms with E-state index in [9.17, 15) is 4.79 Å². The van der Waals surface area contributed by atoms with Gasteiger partial charge in [-0.1, -0.05) is 0 Å². The number of thiophene rings is 1. The van der Waals surface area contributed by atoms with E-state index in [1.165, 1.54) is 0 Å². The minimum Gasteiger partial charge on any atom is -0.383 e. The van der Waals surface area contributed by atoms with E-state index in [-0.39, 0.29) is 5.91 Å². The molecule has 0 spiro atoms. The molecule has 0 aliphatic rings. The van der Waals surface area contributed by atoms with E-state index < -0.39 is 0 Å². The number of halogens is 1. The number of hydrogen-bond acceptors (Lipinski definition) is 4. The number of rotatable bonds is 6. The predicted molar refractivity (Wildman–Crippen MR) is 77.2 cm³/mol. The lowest BCUT2D eigenvalue weighted by atomic mass is 10.3. The lowest BCUT2D eigenvalue weighted by Gasteiger charge is -2.21. The molecule has 0 aromatic carbocycles. The fourth-order valence-electron chi connectivity index (χ4n) is 1.61. The molecule has 1 N–H and O–H groups in total. The number of carbonyl (C=O) groups excluding carboxylic acids is 1. The van der Waals surface area contributed by atoms with Crippen LogP contribution in [-0.4, -0.2) is 41.3 Å². The van der Waals surface area contributed by atoms with Crippen LogP contribution in [0.1, 0.15) is 15.4 Å². The van der Waals surface area contributed by atoms with Gasteiger partial charge in [0.25, 0.3) is 5.91 Å². The van der Waals surface area contributed by atoms with Crippen LogP contribution in [0, 0.1) is 0 Å². The van der Waals surface area contributed by atoms with Crippen LogP contribution in [0.3, 0.4) is 0 Å². The SMILES string of the molecule is COCCN(Cc1sccc1Br)C(=O)c1ccn[nH]1. The molecule has 102 valence electrons. The number of H-pyrrole nitrogens is 1. The third kappa shape index (κ3) is 3.65. The molecule has 7 heteroatoms. The molecule has 0 bridgehead atoms. The molecule has 0 radical (unpaired) electrons. The first-order valence-corrected chi connectivity index (χ1v) is 7.39. The minimum atomic E-state index is -0.0742. The Morgan fingerprint density at radius 3 is 3.00 bits per heavy atom. The maximum Gasteiger partial charge on any atom is 0.272 e. The molecule has 0 aliphatic carbocycles. The largest absolute Gasteiger partial charge is 0.383 e. The van der Waals surface area contributed by atoms with Crippen molar-refractivity contribution in [3.05, 3.63) is 38.8 Å². The minimum absolute atomic E-state index is 0.0742. The Bertz CT molecular complexity index is 527. The van der Waals surface area contributed by atoms with Crippen LogP contribution in [0.25, 0.3) is 0 Å². The summed E-state index contributed by atoms with van der Waals surface area (Å²) in [6.45, 7) is 1.60. The van der Waals surface area contributed by atoms with Crippen LogP contribution in [0.15, 0.2) is 28.2 Å². The molecule has 0 fully saturated rings. The lowest BCUT2D eigenvalue weighted by Crippen LogP contribution is -2.33. The fourth-order valence-corrected chi connectivity index (χ4v) is 3.10. The third-order valence-electron chi connectivity index (χ3n) is 2.61. The number of nitrogens with one attached hydrogen (secondary N) is 1. The molecular weight excluding hydrogens is 330 g/mol. The number of hydrogen-bond donors (Lipinski definition) is 1. The molecule has 0 aliphatic heterocycles. The van der Waals surface area contributed by atoms with Crippen molar-refractivity contribution < 1.29 is 9.53 Å². The number of nitrogens with zero attached hydrogens (tertiary/aromatic N) is 2. The number of amides is 1. The molecule has 19 heavy (non-hydrogen) atoms. The molecule has 2 heterocycles. The second-order valence-electron chi connectivity index (χ2n) is 3.88. The first-order valence-electron chi connectivity index (χ1n) is 5.72. The topological polar surface area (TPSA) is 58.2 Å². The smallest absolute Gasteiger partial charge is 0.272 e. The summed E-state index contributed by atoms with van der Waals surface area (Å²) in [4.78, 5) is 15.2. The van der Waals surface area contributed by atoms with Crippen molar-refractivity contribution in [2.24, 2.45) is 0 Å². The van der Waals surface area contributed by atoms with Gasteiger partial charge in [-0.05, 0) is 33.4 Å². The zero-order chi connectivity index (χ0) is 13.7. The summed E-state index contributed by atoms with van der Waals surface area (Å²) in [5.74, 6) is -0.0742. The Morgan fingerprint density at radius 2 is 2.42 bits per heavy atom. The summed E-state index contributed by atoms with van der Waals surface area (Å²) >= 11 is 5.10. The first kappa shape index (κ1) is 14.2. The van der Waals surface area contributed by atoms with Crippen molar-refractivity contribution >= 4 is 33.2 Å². The summed E-state index contributed by atoms with van der Waals surface area (Å²) < 4.78 is 6.09. The molecule has 2 aromatic rings. The maximum atomic E-state index is 12.3. The van der Waals surface area contributed by atoms with Crippen molar-refractivity contribution in [2.75, 3.05) is 20.3 Å². The Balaban J connectivity index is 2.11. The highest BCUT2D eigenvalue weighted by Gasteiger charge is 2.18. The zero-order valence-corrected chi connectivity index (χ0v) is 12.8. The molecule has 0 saturated carbocycles. The molecule has 5 nitrogen and oxygen atoms in total. The highest BCUT2D eigenvalue weighted by molar-refractivity contribution is 9.10. The van der Waals surface area contributed by atoms with Crippen LogP contribution in [0.5, 0.6) is 0 Å². The van der Waals surface area contributed by atoms with Crippen molar-refractivity contribution in [3.63, 3.8) is 0 Å². The van der Waals surface area contributed by atoms with E-state index in [1.807, 2.05) is 11.4 Å². The van der Waals surface area contributed by atoms with E-state index in [4.69, 9.17) is 4.74 Å². The van der Waals surface area contributed by atoms with Crippen LogP contribution in [0.2, 0.25) is 0 Å². The van der Waals surface area contributed by atoms with Gasteiger partial charge in [0.15, 0.2) is 0 Å². The fraction of sp³-hybridized carbons (Fsp3) is 0.333. The Kier molecular flexibility index (Phi) is 5.12. The van der Waals surface area contributed by atoms with Gasteiger partial charge in [-0.25, -0.2) is 0 Å². The van der Waals surface area contributed by atoms with Gasteiger partial charge in [-0.3, -0.25) is 9.89 Å². The maximum absolute atomic E-state index is 12.3. The second kappa shape index (κ2) is 6.83. The van der Waals surface area contributed by atoms with Crippen molar-refractivity contribution in [1.29, 1.82) is 0 Å². The van der Waals surface area contributed by atoms with Gasteiger partial charge in [-0.15, -0.1) is 11.3 Å². The van der Waals surface area contributed by atoms with Gasteiger partial charge in [0, 0.05) is 29.2 Å². The lowest BCUT2D eigenvalue weighted by molar-refractivity contribution is 0.0676. The van der Waals surface area contributed by atoms with Crippen LogP contribution in [-0.2, 0) is 11.3 Å². The van der Waals surface area contributed by atoms with E-state index in [0.29, 0.717) is 25.4 Å². The van der Waals surface area contributed by atoms with Gasteiger partial charge in [0.1, 0.15) is 5.69 Å². The summed E-state index contributed by atoms with van der Waals surface area (Å²) in [7, 11) is 1.62. The van der Waals surface area contributed by atoms with E-state index in [2.05, 4.69) is 26.1 Å². The molecule has 0 unspecified atom stereocenters. The summed E-state index contributed by atoms with van der Waals surface area (Å²) in [6, 6.07) is 3.65. The number of aromatic amines is 1. The molecule has 1 amide bonds. The second-order valence-corrected chi connectivity index (χ2v) is 5.74. The van der Waals surface area contributed by atoms with Crippen molar-refractivity contribution in [3.8, 4) is 0 Å². The molecular formula is C12H14BrN3O2S. The Morgan fingerprint density at radius 1 is 1.58 bits per heavy atom. The quantitative estimate of drug-likeness (QED) is 0.876. The van der Waals surface area contributed by atoms with Crippen LogP contribution >= 0.6 is 27.3 Å². The standard InChI is InChI=1S/C12H14BrN3O2S/c1-18-6-5-16(8-11-9(13)3-7-19-11)12(17)10-2-4-14-15-10/h2-4,7H,5-6,8H2,1H3,(H,14,15). The molecule has 2 rings (SSSR count). The predicted octanol–water partition coefficient (Wildman–Crippen LogP) is 2.52. The summed E-state index contributed by atoms with van der Waals surface area (Å²) in [5.41, 5.74) is 0.490. The highest BCUT2D eigenvalue weighted by Crippen LogP contribution is 2.24. The Labute approximate surface area is 123 Å². The molecule has 0 atom stereocenters. The van der Waals surface area contributed by atoms with E-state index in [1.54, 1.807) is 35.6 Å². The summed E-state index contributed by atoms with van der Waals surface area (Å²) in [5, 5.41) is 8.50. The van der Waals surface area contributed by atoms with Gasteiger partial charge < -0.3 is 9.64 Å². The number of methoxy groups -OCH3 is 1. The van der Waals surface area contributed by atoms with Crippen molar-refractivity contribution in [2.45, 2.75) is 6.54 Å². The average Bonchev–Trinajstić information content (AvgIpc) is 3.05. The van der Waals surface area contributed by atoms with Gasteiger partial charge >= 0.3 is 0 Å². The first-order chi connectivity index (χ1) is 9.22. The van der Waals surface area contributed by atoms with E-state index in [0.717, 1.165) is 9.35 Å². The van der Waals surface area contributed by atoms with Crippen LogP contribution in [0.4, 0.5) is 0 Å². The zero-order valence-electron chi connectivity index (χ0n) is 10.4. The van der Waals surface area contributed by atoms with Gasteiger partial charge in [-0.2, -0.15) is 5.10 Å². The number of carbonyl (C=O) groups is 1. The third-order valence-corrected chi connectivity index (χ3v) is 4.52. The van der Waals surface area contributed by atoms with Crippen molar-refractivity contribution in [1.82, 2.24) is 15.1 Å². The van der Waals surface area contributed by atoms with E-state index >= 15 is 0 Å². The van der Waals surface area contributed by atoms with Gasteiger partial charge in [0.2, 0.25) is 0 Å². The van der Waals surface area contributed by atoms with Crippen LogP contribution < -0.4 is 0 Å². The summed E-state index contributed by atoms with van der Waals surface area (Å²) in [6.07, 6.45) is 1.57. The molecule has 0 saturated heterocycles. The monoisotopic (exact) mass is 343 g/mol. The Hall–Kier alpha value is -1.18. The average molecular weight is 344 g/mol. The number of ether oxygens (including phenoxy) is 1. The highest BCUT2D eigenvalue weighted by atomic mass is 79.9. The van der Waals surface area contributed by atoms with Gasteiger partial charge in [0.05, 0.1) is 13.2 Å².